The van der Waals surface area contributed by atoms with Crippen molar-refractivity contribution in [2.45, 2.75) is 5.75 Å². The summed E-state index contributed by atoms with van der Waals surface area (Å²) in [7, 11) is 0. The molecule has 2 N–H and O–H groups in total. The summed E-state index contributed by atoms with van der Waals surface area (Å²) in [6.45, 7) is 0. The summed E-state index contributed by atoms with van der Waals surface area (Å²) >= 11 is 1.56. The highest BCUT2D eigenvalue weighted by Crippen LogP contribution is 2.16. The molecular weight excluding hydrogens is 269 g/mol. The smallest absolute Gasteiger partial charge is 0.239 e. The Hall–Kier alpha value is -1.32. The molecule has 0 heterocycles. The van der Waals surface area contributed by atoms with E-state index in [1.807, 2.05) is 18.2 Å². The number of thioether (sulfide) groups is 1. The molecule has 0 aliphatic heterocycles. The van der Waals surface area contributed by atoms with Gasteiger partial charge in [-0.15, -0.1) is 0 Å². The first-order valence-electron chi connectivity index (χ1n) is 5.31. The topological polar surface area (TPSA) is 25.6 Å². The lowest BCUT2D eigenvalue weighted by molar-refractivity contribution is -0.107. The van der Waals surface area contributed by atoms with Gasteiger partial charge in [0.25, 0.3) is 0 Å². The molecule has 0 aliphatic rings. The van der Waals surface area contributed by atoms with E-state index in [-0.39, 0.29) is 18.2 Å². The lowest BCUT2D eigenvalue weighted by Crippen LogP contribution is -3.00. The van der Waals surface area contributed by atoms with E-state index in [2.05, 4.69) is 12.1 Å². The van der Waals surface area contributed by atoms with Crippen LogP contribution < -0.4 is 17.8 Å². The molecule has 0 aliphatic carbocycles. The number of rotatable bonds is 3. The van der Waals surface area contributed by atoms with Gasteiger partial charge in [0, 0.05) is 5.75 Å². The minimum atomic E-state index is -0.241. The highest BCUT2D eigenvalue weighted by Gasteiger charge is 2.08. The van der Waals surface area contributed by atoms with Crippen molar-refractivity contribution < 1.29 is 22.2 Å². The summed E-state index contributed by atoms with van der Waals surface area (Å²) in [6.07, 6.45) is 0. The average Bonchev–Trinajstić information content (AvgIpc) is 2.38. The van der Waals surface area contributed by atoms with Gasteiger partial charge in [-0.2, -0.15) is 0 Å². The fraction of sp³-hybridized carbons (Fsp3) is 0.0714. The van der Waals surface area contributed by atoms with E-state index in [9.17, 15) is 4.39 Å². The molecular formula is C14H13ClFNS. The van der Waals surface area contributed by atoms with Crippen LogP contribution in [0.2, 0.25) is 0 Å². The zero-order chi connectivity index (χ0) is 12.1. The van der Waals surface area contributed by atoms with Gasteiger partial charge >= 0.3 is 0 Å². The molecule has 0 aromatic heterocycles. The monoisotopic (exact) mass is 281 g/mol. The van der Waals surface area contributed by atoms with Crippen molar-refractivity contribution in [2.24, 2.45) is 0 Å². The standard InChI is InChI=1S/C14H12FNS.ClH/c15-13-8-6-12(7-9-13)14(16)17-10-11-4-2-1-3-5-11;/h1-9,16H,10H2;1H. The van der Waals surface area contributed by atoms with Crippen molar-refractivity contribution in [3.8, 4) is 0 Å². The first kappa shape index (κ1) is 14.7. The molecule has 0 fully saturated rings. The molecule has 2 aromatic rings. The van der Waals surface area contributed by atoms with E-state index < -0.39 is 0 Å². The fourth-order valence-corrected chi connectivity index (χ4v) is 2.25. The Morgan fingerprint density at radius 3 is 2.22 bits per heavy atom. The third kappa shape index (κ3) is 4.17. The van der Waals surface area contributed by atoms with Crippen LogP contribution in [0.5, 0.6) is 0 Å². The van der Waals surface area contributed by atoms with Crippen molar-refractivity contribution >= 4 is 16.8 Å². The lowest BCUT2D eigenvalue weighted by Gasteiger charge is -2.00. The van der Waals surface area contributed by atoms with Crippen LogP contribution in [0, 0.1) is 5.82 Å². The number of nitrogens with two attached hydrogens (primary N) is 1. The molecule has 2 aromatic carbocycles. The van der Waals surface area contributed by atoms with Crippen molar-refractivity contribution in [1.29, 1.82) is 0 Å². The second kappa shape index (κ2) is 7.19. The van der Waals surface area contributed by atoms with E-state index in [4.69, 9.17) is 5.41 Å². The zero-order valence-electron chi connectivity index (χ0n) is 9.64. The predicted molar refractivity (Wildman–Crippen MR) is 70.2 cm³/mol. The average molecular weight is 282 g/mol. The third-order valence-corrected chi connectivity index (χ3v) is 3.39. The maximum atomic E-state index is 12.7. The minimum Gasteiger partial charge on any atom is -1.00 e. The largest absolute Gasteiger partial charge is 1.00 e. The summed E-state index contributed by atoms with van der Waals surface area (Å²) in [5.41, 5.74) is 2.09. The lowest BCUT2D eigenvalue weighted by atomic mass is 10.2. The van der Waals surface area contributed by atoms with Gasteiger partial charge < -0.3 is 12.4 Å². The second-order valence-corrected chi connectivity index (χ2v) is 4.66. The van der Waals surface area contributed by atoms with Crippen molar-refractivity contribution in [3.63, 3.8) is 0 Å². The van der Waals surface area contributed by atoms with Gasteiger partial charge in [-0.05, 0) is 29.8 Å². The summed E-state index contributed by atoms with van der Waals surface area (Å²) < 4.78 is 12.7. The quantitative estimate of drug-likeness (QED) is 0.583. The van der Waals surface area contributed by atoms with E-state index in [0.29, 0.717) is 5.04 Å². The van der Waals surface area contributed by atoms with Crippen LogP contribution in [0.1, 0.15) is 11.1 Å². The number of hydrogen-bond donors (Lipinski definition) is 1. The molecule has 1 nitrogen and oxygen atoms in total. The van der Waals surface area contributed by atoms with Crippen LogP contribution >= 0.6 is 11.8 Å². The molecule has 0 bridgehead atoms. The van der Waals surface area contributed by atoms with Gasteiger partial charge in [0.05, 0.1) is 5.56 Å². The molecule has 18 heavy (non-hydrogen) atoms. The Morgan fingerprint density at radius 1 is 1.00 bits per heavy atom. The summed E-state index contributed by atoms with van der Waals surface area (Å²) in [4.78, 5) is 0. The van der Waals surface area contributed by atoms with Crippen LogP contribution in [-0.4, -0.2) is 5.04 Å². The van der Waals surface area contributed by atoms with Crippen molar-refractivity contribution in [3.05, 3.63) is 71.5 Å². The summed E-state index contributed by atoms with van der Waals surface area (Å²) in [5.74, 6) is 0.582. The zero-order valence-corrected chi connectivity index (χ0v) is 11.2. The first-order chi connectivity index (χ1) is 8.25. The van der Waals surface area contributed by atoms with E-state index >= 15 is 0 Å². The predicted octanol–water partition coefficient (Wildman–Crippen LogP) is -0.731. The molecule has 4 heteroatoms. The van der Waals surface area contributed by atoms with Gasteiger partial charge in [0.1, 0.15) is 5.82 Å². The Balaban J connectivity index is 0.00000162. The van der Waals surface area contributed by atoms with Crippen LogP contribution in [0.4, 0.5) is 4.39 Å². The number of halogens is 2. The van der Waals surface area contributed by atoms with E-state index in [1.165, 1.54) is 17.7 Å². The molecule has 0 atom stereocenters. The van der Waals surface area contributed by atoms with Gasteiger partial charge in [0.15, 0.2) is 0 Å². The third-order valence-electron chi connectivity index (χ3n) is 2.37. The summed E-state index contributed by atoms with van der Waals surface area (Å²) in [5, 5.41) is 6.67. The fourth-order valence-electron chi connectivity index (χ4n) is 1.43. The molecule has 0 saturated heterocycles. The SMILES string of the molecule is [Cl-].[NH2+]=C(SCc1ccccc1)c1ccc(F)cc1. The van der Waals surface area contributed by atoms with Crippen molar-refractivity contribution in [2.75, 3.05) is 0 Å². The molecule has 0 unspecified atom stereocenters. The van der Waals surface area contributed by atoms with Crippen LogP contribution in [0.25, 0.3) is 0 Å². The van der Waals surface area contributed by atoms with Crippen LogP contribution in [-0.2, 0) is 5.75 Å². The number of benzene rings is 2. The van der Waals surface area contributed by atoms with Crippen LogP contribution in [0.3, 0.4) is 0 Å². The maximum absolute atomic E-state index is 12.7. The van der Waals surface area contributed by atoms with Gasteiger partial charge in [0.2, 0.25) is 5.04 Å². The Kier molecular flexibility index (Phi) is 5.89. The van der Waals surface area contributed by atoms with Crippen LogP contribution in [0.15, 0.2) is 54.6 Å². The van der Waals surface area contributed by atoms with Gasteiger partial charge in [-0.1, -0.05) is 42.1 Å². The molecule has 2 rings (SSSR count). The van der Waals surface area contributed by atoms with Gasteiger partial charge in [-0.25, -0.2) is 9.80 Å². The molecule has 0 amide bonds. The molecule has 94 valence electrons. The molecule has 0 spiro atoms. The Morgan fingerprint density at radius 2 is 1.61 bits per heavy atom. The normalized spacial score (nSPS) is 9.61. The van der Waals surface area contributed by atoms with Crippen molar-refractivity contribution in [1.82, 2.24) is 0 Å². The van der Waals surface area contributed by atoms with Gasteiger partial charge in [-0.3, -0.25) is 0 Å². The van der Waals surface area contributed by atoms with E-state index in [1.54, 1.807) is 23.9 Å². The summed E-state index contributed by atoms with van der Waals surface area (Å²) in [6, 6.07) is 16.4. The Labute approximate surface area is 116 Å². The highest BCUT2D eigenvalue weighted by atomic mass is 35.5. The minimum absolute atomic E-state index is 0. The number of hydrogen-bond acceptors (Lipinski definition) is 1. The van der Waals surface area contributed by atoms with E-state index in [0.717, 1.165) is 11.3 Å². The second-order valence-electron chi connectivity index (χ2n) is 3.65. The first-order valence-corrected chi connectivity index (χ1v) is 6.29. The molecule has 0 saturated carbocycles. The Bertz CT molecular complexity index is 499. The molecule has 0 radical (unpaired) electrons. The maximum Gasteiger partial charge on any atom is 0.239 e. The highest BCUT2D eigenvalue weighted by molar-refractivity contribution is 8.13.